The molecular weight excluding hydrogens is 436 g/mol. The first-order chi connectivity index (χ1) is 14.4. The molecule has 0 unspecified atom stereocenters. The van der Waals surface area contributed by atoms with Crippen LogP contribution in [0.5, 0.6) is 0 Å². The summed E-state index contributed by atoms with van der Waals surface area (Å²) in [5.74, 6) is -0.441. The Labute approximate surface area is 180 Å². The molecule has 0 spiro atoms. The van der Waals surface area contributed by atoms with E-state index in [2.05, 4.69) is 20.3 Å². The van der Waals surface area contributed by atoms with Crippen LogP contribution in [-0.2, 0) is 10.1 Å². The summed E-state index contributed by atoms with van der Waals surface area (Å²) >= 11 is 6.67. The van der Waals surface area contributed by atoms with Gasteiger partial charge in [-0.2, -0.15) is 13.9 Å². The molecule has 0 bridgehead atoms. The van der Waals surface area contributed by atoms with Crippen LogP contribution in [0.1, 0.15) is 22.6 Å². The van der Waals surface area contributed by atoms with Crippen LogP contribution < -0.4 is 5.32 Å². The van der Waals surface area contributed by atoms with Crippen LogP contribution in [0.15, 0.2) is 29.6 Å². The molecule has 1 saturated heterocycles. The molecule has 30 heavy (non-hydrogen) atoms. The fourth-order valence-electron chi connectivity index (χ4n) is 3.26. The van der Waals surface area contributed by atoms with Crippen molar-refractivity contribution in [1.29, 1.82) is 0 Å². The number of ether oxygens (including phenoxy) is 1. The first kappa shape index (κ1) is 21.1. The van der Waals surface area contributed by atoms with E-state index in [4.69, 9.17) is 16.3 Å². The Balaban J connectivity index is 1.49. The number of hydrogen-bond donors (Lipinski definition) is 1. The Morgan fingerprint density at radius 3 is 2.83 bits per heavy atom. The van der Waals surface area contributed by atoms with Gasteiger partial charge in [0.15, 0.2) is 11.3 Å². The van der Waals surface area contributed by atoms with Gasteiger partial charge in [-0.05, 0) is 42.1 Å². The Morgan fingerprint density at radius 2 is 2.13 bits per heavy atom. The predicted octanol–water partition coefficient (Wildman–Crippen LogP) is 3.20. The van der Waals surface area contributed by atoms with Gasteiger partial charge >= 0.3 is 5.38 Å². The van der Waals surface area contributed by atoms with E-state index in [1.54, 1.807) is 12.1 Å². The molecule has 0 radical (unpaired) electrons. The van der Waals surface area contributed by atoms with Crippen molar-refractivity contribution < 1.29 is 18.3 Å². The topological polar surface area (TPSA) is 71.8 Å². The van der Waals surface area contributed by atoms with E-state index in [1.165, 1.54) is 23.5 Å². The van der Waals surface area contributed by atoms with Crippen molar-refractivity contribution in [2.75, 3.05) is 39.4 Å². The number of morpholine rings is 1. The zero-order valence-electron chi connectivity index (χ0n) is 16.0. The Morgan fingerprint density at radius 1 is 1.33 bits per heavy atom. The minimum atomic E-state index is -3.66. The molecule has 1 fully saturated rings. The lowest BCUT2D eigenvalue weighted by atomic mass is 10.2. The van der Waals surface area contributed by atoms with Gasteiger partial charge in [0.1, 0.15) is 5.69 Å². The number of nitrogens with zero attached hydrogens (tertiary/aromatic N) is 4. The van der Waals surface area contributed by atoms with Gasteiger partial charge in [-0.15, -0.1) is 11.3 Å². The minimum Gasteiger partial charge on any atom is -0.379 e. The van der Waals surface area contributed by atoms with Crippen molar-refractivity contribution in [2.45, 2.75) is 11.8 Å². The van der Waals surface area contributed by atoms with E-state index in [0.717, 1.165) is 48.7 Å². The van der Waals surface area contributed by atoms with Crippen molar-refractivity contribution in [2.24, 2.45) is 0 Å². The highest BCUT2D eigenvalue weighted by Gasteiger charge is 2.33. The summed E-state index contributed by atoms with van der Waals surface area (Å²) in [6, 6.07) is 6.16. The maximum Gasteiger partial charge on any atom is 0.364 e. The number of aromatic nitrogens is 3. The van der Waals surface area contributed by atoms with Crippen LogP contribution in [0.2, 0.25) is 0 Å². The number of carbonyl (C=O) groups is 1. The van der Waals surface area contributed by atoms with Crippen molar-refractivity contribution in [1.82, 2.24) is 24.8 Å². The predicted molar refractivity (Wildman–Crippen MR) is 110 cm³/mol. The highest BCUT2D eigenvalue weighted by Crippen LogP contribution is 2.35. The SMILES string of the molecule is O=C(NCCCN1CCOCC1)c1cc2nc(-c3cccs3)cc(C(F)(F)Cl)n2n1. The van der Waals surface area contributed by atoms with Crippen LogP contribution >= 0.6 is 22.9 Å². The van der Waals surface area contributed by atoms with Gasteiger partial charge in [-0.1, -0.05) is 6.07 Å². The second-order valence-electron chi connectivity index (χ2n) is 6.86. The molecule has 160 valence electrons. The molecule has 0 saturated carbocycles. The van der Waals surface area contributed by atoms with Gasteiger partial charge in [-0.3, -0.25) is 9.69 Å². The second kappa shape index (κ2) is 8.93. The number of carbonyl (C=O) groups excluding carboxylic acids is 1. The van der Waals surface area contributed by atoms with E-state index in [1.807, 2.05) is 5.38 Å². The third-order valence-corrected chi connectivity index (χ3v) is 5.85. The van der Waals surface area contributed by atoms with Crippen LogP contribution in [-0.4, -0.2) is 64.8 Å². The van der Waals surface area contributed by atoms with Gasteiger partial charge in [0.25, 0.3) is 5.91 Å². The molecule has 1 amide bonds. The molecule has 4 heterocycles. The normalized spacial score (nSPS) is 15.6. The second-order valence-corrected chi connectivity index (χ2v) is 8.29. The molecule has 4 rings (SSSR count). The van der Waals surface area contributed by atoms with Gasteiger partial charge in [-0.25, -0.2) is 9.50 Å². The lowest BCUT2D eigenvalue weighted by Gasteiger charge is -2.26. The smallest absolute Gasteiger partial charge is 0.364 e. The monoisotopic (exact) mass is 455 g/mol. The van der Waals surface area contributed by atoms with Gasteiger partial charge in [0.05, 0.1) is 23.8 Å². The summed E-state index contributed by atoms with van der Waals surface area (Å²) < 4.78 is 34.2. The Hall–Kier alpha value is -2.14. The van der Waals surface area contributed by atoms with Crippen molar-refractivity contribution in [3.05, 3.63) is 41.0 Å². The van der Waals surface area contributed by atoms with Crippen molar-refractivity contribution in [3.63, 3.8) is 0 Å². The van der Waals surface area contributed by atoms with Gasteiger partial charge in [0.2, 0.25) is 0 Å². The largest absolute Gasteiger partial charge is 0.379 e. The first-order valence-corrected chi connectivity index (χ1v) is 10.8. The Bertz CT molecular complexity index is 1020. The summed E-state index contributed by atoms with van der Waals surface area (Å²) in [4.78, 5) is 19.8. The number of halogens is 3. The summed E-state index contributed by atoms with van der Waals surface area (Å²) in [5.41, 5.74) is -0.0387. The zero-order valence-corrected chi connectivity index (χ0v) is 17.6. The molecule has 1 aliphatic rings. The number of hydrogen-bond acceptors (Lipinski definition) is 6. The summed E-state index contributed by atoms with van der Waals surface area (Å²) in [6.45, 7) is 4.52. The summed E-state index contributed by atoms with van der Waals surface area (Å²) in [7, 11) is 0. The first-order valence-electron chi connectivity index (χ1n) is 9.52. The fourth-order valence-corrected chi connectivity index (χ4v) is 4.08. The lowest BCUT2D eigenvalue weighted by molar-refractivity contribution is 0.0374. The number of fused-ring (bicyclic) bond motifs is 1. The average Bonchev–Trinajstić information content (AvgIpc) is 3.40. The number of alkyl halides is 3. The molecule has 0 aliphatic carbocycles. The van der Waals surface area contributed by atoms with Crippen LogP contribution in [0.4, 0.5) is 8.78 Å². The third-order valence-electron chi connectivity index (χ3n) is 4.76. The molecule has 3 aromatic rings. The van der Waals surface area contributed by atoms with E-state index >= 15 is 0 Å². The fraction of sp³-hybridized carbons (Fsp3) is 0.421. The van der Waals surface area contributed by atoms with Gasteiger partial charge < -0.3 is 10.1 Å². The number of rotatable bonds is 7. The maximum atomic E-state index is 14.0. The lowest BCUT2D eigenvalue weighted by Crippen LogP contribution is -2.38. The number of amides is 1. The van der Waals surface area contributed by atoms with Crippen LogP contribution in [0.3, 0.4) is 0 Å². The van der Waals surface area contributed by atoms with E-state index in [9.17, 15) is 13.6 Å². The average molecular weight is 456 g/mol. The van der Waals surface area contributed by atoms with Crippen LogP contribution in [0.25, 0.3) is 16.2 Å². The molecular formula is C19H20ClF2N5O2S. The molecule has 1 N–H and O–H groups in total. The van der Waals surface area contributed by atoms with E-state index in [-0.39, 0.29) is 11.3 Å². The standard InChI is InChI=1S/C19H20ClF2N5O2S/c20-19(21,22)16-11-13(15-3-1-10-30-15)24-17-12-14(25-27(16)17)18(28)23-4-2-5-26-6-8-29-9-7-26/h1,3,10-12H,2,4-9H2,(H,23,28). The highest BCUT2D eigenvalue weighted by atomic mass is 35.5. The molecule has 7 nitrogen and oxygen atoms in total. The number of nitrogens with one attached hydrogen (secondary N) is 1. The van der Waals surface area contributed by atoms with E-state index < -0.39 is 17.0 Å². The molecule has 3 aromatic heterocycles. The minimum absolute atomic E-state index is 0.0133. The maximum absolute atomic E-state index is 14.0. The van der Waals surface area contributed by atoms with Crippen molar-refractivity contribution >= 4 is 34.5 Å². The molecule has 0 aromatic carbocycles. The molecule has 1 aliphatic heterocycles. The van der Waals surface area contributed by atoms with Crippen molar-refractivity contribution in [3.8, 4) is 10.6 Å². The summed E-state index contributed by atoms with van der Waals surface area (Å²) in [5, 5.41) is 4.97. The third kappa shape index (κ3) is 4.77. The molecule has 11 heteroatoms. The van der Waals surface area contributed by atoms with E-state index in [0.29, 0.717) is 12.2 Å². The Kier molecular flexibility index (Phi) is 6.28. The zero-order chi connectivity index (χ0) is 21.1. The van der Waals surface area contributed by atoms with Gasteiger partial charge in [0, 0.05) is 25.7 Å². The van der Waals surface area contributed by atoms with Crippen LogP contribution in [0, 0.1) is 0 Å². The number of thiophene rings is 1. The summed E-state index contributed by atoms with van der Waals surface area (Å²) in [6.07, 6.45) is 0.769. The highest BCUT2D eigenvalue weighted by molar-refractivity contribution is 7.13. The molecule has 0 atom stereocenters. The quantitative estimate of drug-likeness (QED) is 0.437.